The van der Waals surface area contributed by atoms with Crippen LogP contribution in [0.2, 0.25) is 0 Å². The Morgan fingerprint density at radius 3 is 2.28 bits per heavy atom. The van der Waals surface area contributed by atoms with Crippen LogP contribution in [0, 0.1) is 0 Å². The van der Waals surface area contributed by atoms with Crippen LogP contribution in [0.5, 0.6) is 0 Å². The van der Waals surface area contributed by atoms with Crippen LogP contribution >= 0.6 is 0 Å². The standard InChI is InChI=1S/C14H16N2O2.H2/c17-8-15-14(18)16-13-11-5-1-3-9(11)7-10-4-2-6-12(10)13;/h7-8H,1-6H2,(H2,15,16,17,18);1H. The topological polar surface area (TPSA) is 58.2 Å². The Kier molecular flexibility index (Phi) is 2.78. The highest BCUT2D eigenvalue weighted by molar-refractivity contribution is 5.97. The van der Waals surface area contributed by atoms with Crippen molar-refractivity contribution in [3.05, 3.63) is 28.3 Å². The number of rotatable bonds is 2. The fourth-order valence-corrected chi connectivity index (χ4v) is 3.17. The lowest BCUT2D eigenvalue weighted by Crippen LogP contribution is -2.28. The molecule has 0 unspecified atom stereocenters. The Bertz CT molecular complexity index is 496. The van der Waals surface area contributed by atoms with Gasteiger partial charge in [-0.15, -0.1) is 0 Å². The number of nitrogens with one attached hydrogen (secondary N) is 2. The zero-order chi connectivity index (χ0) is 12.5. The lowest BCUT2D eigenvalue weighted by atomic mass is 9.99. The average molecular weight is 246 g/mol. The van der Waals surface area contributed by atoms with Gasteiger partial charge in [0.25, 0.3) is 0 Å². The average Bonchev–Trinajstić information content (AvgIpc) is 2.96. The van der Waals surface area contributed by atoms with Gasteiger partial charge in [-0.1, -0.05) is 6.07 Å². The van der Waals surface area contributed by atoms with Crippen molar-refractivity contribution >= 4 is 18.1 Å². The third-order valence-corrected chi connectivity index (χ3v) is 3.90. The van der Waals surface area contributed by atoms with E-state index >= 15 is 0 Å². The number of benzene rings is 1. The Labute approximate surface area is 107 Å². The fraction of sp³-hybridized carbons (Fsp3) is 0.429. The quantitative estimate of drug-likeness (QED) is 0.786. The molecule has 96 valence electrons. The SMILES string of the molecule is O=CNC(=O)Nc1c2c(cc3c1CCC3)CCC2.[HH]. The van der Waals surface area contributed by atoms with Crippen LogP contribution in [0.4, 0.5) is 10.5 Å². The van der Waals surface area contributed by atoms with Gasteiger partial charge in [-0.3, -0.25) is 10.1 Å². The summed E-state index contributed by atoms with van der Waals surface area (Å²) in [6.45, 7) is 0. The van der Waals surface area contributed by atoms with Crippen molar-refractivity contribution in [1.82, 2.24) is 5.32 Å². The predicted molar refractivity (Wildman–Crippen MR) is 70.8 cm³/mol. The molecular formula is C14H18N2O2. The maximum absolute atomic E-state index is 11.6. The fourth-order valence-electron chi connectivity index (χ4n) is 3.17. The number of imide groups is 1. The van der Waals surface area contributed by atoms with Crippen molar-refractivity contribution in [1.29, 1.82) is 0 Å². The van der Waals surface area contributed by atoms with Crippen molar-refractivity contribution in [2.75, 3.05) is 5.32 Å². The molecule has 0 bridgehead atoms. The number of aryl methyl sites for hydroxylation is 2. The highest BCUT2D eigenvalue weighted by Gasteiger charge is 2.24. The summed E-state index contributed by atoms with van der Waals surface area (Å²) in [6, 6.07) is 1.88. The molecule has 2 aliphatic rings. The molecule has 0 spiro atoms. The molecule has 0 aromatic heterocycles. The first-order chi connectivity index (χ1) is 8.79. The van der Waals surface area contributed by atoms with Gasteiger partial charge < -0.3 is 5.32 Å². The van der Waals surface area contributed by atoms with Gasteiger partial charge in [-0.25, -0.2) is 4.79 Å². The van der Waals surface area contributed by atoms with Crippen LogP contribution in [0.15, 0.2) is 6.07 Å². The molecule has 2 aliphatic carbocycles. The molecule has 1 aromatic rings. The van der Waals surface area contributed by atoms with Crippen LogP contribution in [0.1, 0.15) is 36.5 Å². The molecule has 0 saturated heterocycles. The Morgan fingerprint density at radius 1 is 1.11 bits per heavy atom. The van der Waals surface area contributed by atoms with E-state index in [1.165, 1.54) is 22.3 Å². The lowest BCUT2D eigenvalue weighted by molar-refractivity contribution is -0.108. The Morgan fingerprint density at radius 2 is 1.72 bits per heavy atom. The van der Waals surface area contributed by atoms with Gasteiger partial charge in [-0.2, -0.15) is 0 Å². The van der Waals surface area contributed by atoms with E-state index < -0.39 is 6.03 Å². The van der Waals surface area contributed by atoms with Gasteiger partial charge in [0.05, 0.1) is 0 Å². The molecule has 0 aliphatic heterocycles. The van der Waals surface area contributed by atoms with Crippen LogP contribution in [-0.4, -0.2) is 12.4 Å². The van der Waals surface area contributed by atoms with Crippen LogP contribution < -0.4 is 10.6 Å². The molecule has 1 aromatic carbocycles. The summed E-state index contributed by atoms with van der Waals surface area (Å²) < 4.78 is 0. The number of fused-ring (bicyclic) bond motifs is 2. The molecular weight excluding hydrogens is 228 g/mol. The van der Waals surface area contributed by atoms with Gasteiger partial charge in [0, 0.05) is 7.11 Å². The summed E-state index contributed by atoms with van der Waals surface area (Å²) in [4.78, 5) is 21.9. The zero-order valence-electron chi connectivity index (χ0n) is 10.2. The van der Waals surface area contributed by atoms with E-state index in [2.05, 4.69) is 16.7 Å². The van der Waals surface area contributed by atoms with Crippen LogP contribution in [0.3, 0.4) is 0 Å². The van der Waals surface area contributed by atoms with Crippen LogP contribution in [-0.2, 0) is 30.5 Å². The first-order valence-corrected chi connectivity index (χ1v) is 6.47. The third kappa shape index (κ3) is 1.78. The number of hydrogen-bond acceptors (Lipinski definition) is 2. The van der Waals surface area contributed by atoms with E-state index in [0.717, 1.165) is 44.2 Å². The second kappa shape index (κ2) is 4.44. The molecule has 3 rings (SSSR count). The van der Waals surface area contributed by atoms with Crippen molar-refractivity contribution in [2.45, 2.75) is 38.5 Å². The number of carbonyl (C=O) groups excluding carboxylic acids is 2. The molecule has 4 heteroatoms. The van der Waals surface area contributed by atoms with Crippen molar-refractivity contribution < 1.29 is 11.0 Å². The van der Waals surface area contributed by atoms with E-state index in [9.17, 15) is 9.59 Å². The minimum Gasteiger partial charge on any atom is -0.307 e. The minimum absolute atomic E-state index is 0. The maximum Gasteiger partial charge on any atom is 0.325 e. The largest absolute Gasteiger partial charge is 0.325 e. The molecule has 0 saturated carbocycles. The van der Waals surface area contributed by atoms with Gasteiger partial charge >= 0.3 is 6.03 Å². The van der Waals surface area contributed by atoms with E-state index in [-0.39, 0.29) is 1.43 Å². The number of anilines is 1. The summed E-state index contributed by atoms with van der Waals surface area (Å²) in [5.41, 5.74) is 6.26. The second-order valence-corrected chi connectivity index (χ2v) is 4.95. The van der Waals surface area contributed by atoms with Crippen LogP contribution in [0.25, 0.3) is 0 Å². The smallest absolute Gasteiger partial charge is 0.307 e. The Balaban J connectivity index is 0.00000133. The first kappa shape index (κ1) is 11.3. The molecule has 4 nitrogen and oxygen atoms in total. The molecule has 0 atom stereocenters. The zero-order valence-corrected chi connectivity index (χ0v) is 10.2. The second-order valence-electron chi connectivity index (χ2n) is 4.95. The van der Waals surface area contributed by atoms with Crippen molar-refractivity contribution in [3.8, 4) is 0 Å². The summed E-state index contributed by atoms with van der Waals surface area (Å²) in [5.74, 6) is 0. The van der Waals surface area contributed by atoms with Gasteiger partial charge in [0.2, 0.25) is 6.41 Å². The lowest BCUT2D eigenvalue weighted by Gasteiger charge is -2.15. The normalized spacial score (nSPS) is 16.0. The highest BCUT2D eigenvalue weighted by atomic mass is 16.2. The van der Waals surface area contributed by atoms with Gasteiger partial charge in [-0.05, 0) is 60.8 Å². The van der Waals surface area contributed by atoms with Gasteiger partial charge in [0.15, 0.2) is 0 Å². The Hall–Kier alpha value is -1.84. The number of urea groups is 1. The number of hydrogen-bond donors (Lipinski definition) is 2. The first-order valence-electron chi connectivity index (χ1n) is 6.47. The summed E-state index contributed by atoms with van der Waals surface area (Å²) >= 11 is 0. The van der Waals surface area contributed by atoms with E-state index in [1.807, 2.05) is 0 Å². The molecule has 3 amide bonds. The summed E-state index contributed by atoms with van der Waals surface area (Å²) in [5, 5.41) is 5.01. The molecule has 18 heavy (non-hydrogen) atoms. The minimum atomic E-state index is -0.431. The van der Waals surface area contributed by atoms with E-state index in [4.69, 9.17) is 0 Å². The number of amides is 3. The predicted octanol–water partition coefficient (Wildman–Crippen LogP) is 2.19. The molecule has 2 N–H and O–H groups in total. The van der Waals surface area contributed by atoms with Crippen molar-refractivity contribution in [3.63, 3.8) is 0 Å². The van der Waals surface area contributed by atoms with E-state index in [1.54, 1.807) is 0 Å². The highest BCUT2D eigenvalue weighted by Crippen LogP contribution is 2.38. The molecule has 0 radical (unpaired) electrons. The molecule has 0 heterocycles. The van der Waals surface area contributed by atoms with E-state index in [0.29, 0.717) is 6.41 Å². The monoisotopic (exact) mass is 246 g/mol. The number of carbonyl (C=O) groups is 2. The molecule has 0 fully saturated rings. The summed E-state index contributed by atoms with van der Waals surface area (Å²) in [6.07, 6.45) is 6.99. The maximum atomic E-state index is 11.6. The summed E-state index contributed by atoms with van der Waals surface area (Å²) in [7, 11) is 0. The van der Waals surface area contributed by atoms with Gasteiger partial charge in [0.1, 0.15) is 0 Å². The van der Waals surface area contributed by atoms with Crippen molar-refractivity contribution in [2.24, 2.45) is 0 Å². The third-order valence-electron chi connectivity index (χ3n) is 3.90.